The summed E-state index contributed by atoms with van der Waals surface area (Å²) in [5, 5.41) is 6.41. The molecule has 0 saturated heterocycles. The van der Waals surface area contributed by atoms with Gasteiger partial charge in [0.2, 0.25) is 0 Å². The largest absolute Gasteiger partial charge is 0.455 e. The molecule has 0 atom stereocenters. The van der Waals surface area contributed by atoms with E-state index in [9.17, 15) is 18.0 Å². The molecule has 0 aliphatic rings. The van der Waals surface area contributed by atoms with Gasteiger partial charge in [-0.15, -0.1) is 0 Å². The number of hydrogen-bond acceptors (Lipinski definition) is 4. The van der Waals surface area contributed by atoms with E-state index in [0.717, 1.165) is 22.2 Å². The third-order valence-electron chi connectivity index (χ3n) is 3.79. The second-order valence-electron chi connectivity index (χ2n) is 5.91. The Morgan fingerprint density at radius 3 is 2.66 bits per heavy atom. The number of furan rings is 1. The molecule has 3 rings (SSSR count). The number of carbonyl (C=O) groups is 1. The first kappa shape index (κ1) is 20.7. The molecule has 0 aliphatic heterocycles. The van der Waals surface area contributed by atoms with Crippen molar-refractivity contribution in [2.45, 2.75) is 6.18 Å². The zero-order chi connectivity index (χ0) is 20.9. The minimum atomic E-state index is -4.44. The third-order valence-corrected chi connectivity index (χ3v) is 4.48. The van der Waals surface area contributed by atoms with E-state index in [2.05, 4.69) is 31.8 Å². The van der Waals surface area contributed by atoms with Gasteiger partial charge < -0.3 is 9.73 Å². The Kier molecular flexibility index (Phi) is 6.38. The Balaban J connectivity index is 1.52. The summed E-state index contributed by atoms with van der Waals surface area (Å²) in [6, 6.07) is 15.6. The molecule has 29 heavy (non-hydrogen) atoms. The van der Waals surface area contributed by atoms with Crippen molar-refractivity contribution >= 4 is 33.7 Å². The van der Waals surface area contributed by atoms with Crippen molar-refractivity contribution in [3.05, 3.63) is 76.5 Å². The number of benzene rings is 2. The maximum atomic E-state index is 12.7. The number of alkyl halides is 3. The SMILES string of the molecule is O=C(CNc1cccc(C(F)(F)F)c1)NN=Cc1ccc(-c2ccccc2Br)o1. The number of hydrazone groups is 1. The molecule has 1 amide bonds. The van der Waals surface area contributed by atoms with Gasteiger partial charge in [-0.25, -0.2) is 5.43 Å². The van der Waals surface area contributed by atoms with Gasteiger partial charge in [0, 0.05) is 15.7 Å². The van der Waals surface area contributed by atoms with Crippen LogP contribution in [0.5, 0.6) is 0 Å². The normalized spacial score (nSPS) is 11.6. The highest BCUT2D eigenvalue weighted by Crippen LogP contribution is 2.31. The summed E-state index contributed by atoms with van der Waals surface area (Å²) >= 11 is 3.45. The molecule has 0 aliphatic carbocycles. The van der Waals surface area contributed by atoms with Gasteiger partial charge in [0.1, 0.15) is 11.5 Å². The number of carbonyl (C=O) groups excluding carboxylic acids is 1. The molecule has 3 aromatic rings. The molecular weight excluding hydrogens is 451 g/mol. The first-order valence-corrected chi connectivity index (χ1v) is 9.20. The van der Waals surface area contributed by atoms with Gasteiger partial charge in [-0.2, -0.15) is 18.3 Å². The molecule has 150 valence electrons. The molecule has 0 radical (unpaired) electrons. The van der Waals surface area contributed by atoms with Gasteiger partial charge in [-0.05, 0) is 36.4 Å². The van der Waals surface area contributed by atoms with Crippen LogP contribution in [0.15, 0.2) is 74.7 Å². The van der Waals surface area contributed by atoms with Crippen molar-refractivity contribution in [2.24, 2.45) is 5.10 Å². The molecule has 9 heteroatoms. The summed E-state index contributed by atoms with van der Waals surface area (Å²) in [5.41, 5.74) is 2.55. The lowest BCUT2D eigenvalue weighted by Gasteiger charge is -2.09. The molecule has 0 spiro atoms. The predicted molar refractivity (Wildman–Crippen MR) is 108 cm³/mol. The highest BCUT2D eigenvalue weighted by Gasteiger charge is 2.30. The van der Waals surface area contributed by atoms with Gasteiger partial charge in [-0.1, -0.05) is 40.2 Å². The Labute approximate surface area is 172 Å². The standard InChI is InChI=1S/C20H15BrF3N3O2/c21-17-7-2-1-6-16(17)18-9-8-15(29-18)11-26-27-19(28)12-25-14-5-3-4-13(10-14)20(22,23)24/h1-11,25H,12H2,(H,27,28). The van der Waals surface area contributed by atoms with Crippen LogP contribution in [-0.2, 0) is 11.0 Å². The summed E-state index contributed by atoms with van der Waals surface area (Å²) in [6.07, 6.45) is -3.11. The maximum absolute atomic E-state index is 12.7. The van der Waals surface area contributed by atoms with Gasteiger partial charge in [0.05, 0.1) is 18.3 Å². The number of nitrogens with zero attached hydrogens (tertiary/aromatic N) is 1. The Hall–Kier alpha value is -3.07. The van der Waals surface area contributed by atoms with Crippen LogP contribution in [0.2, 0.25) is 0 Å². The zero-order valence-electron chi connectivity index (χ0n) is 14.8. The van der Waals surface area contributed by atoms with Crippen molar-refractivity contribution < 1.29 is 22.4 Å². The molecule has 0 bridgehead atoms. The number of nitrogens with one attached hydrogen (secondary N) is 2. The van der Waals surface area contributed by atoms with E-state index in [1.807, 2.05) is 24.3 Å². The van der Waals surface area contributed by atoms with Gasteiger partial charge in [-0.3, -0.25) is 4.79 Å². The van der Waals surface area contributed by atoms with Crippen LogP contribution in [0.1, 0.15) is 11.3 Å². The Morgan fingerprint density at radius 1 is 1.10 bits per heavy atom. The highest BCUT2D eigenvalue weighted by molar-refractivity contribution is 9.10. The van der Waals surface area contributed by atoms with E-state index in [1.165, 1.54) is 18.3 Å². The third kappa shape index (κ3) is 5.71. The Morgan fingerprint density at radius 2 is 1.90 bits per heavy atom. The molecule has 0 saturated carbocycles. The van der Waals surface area contributed by atoms with Gasteiger partial charge in [0.15, 0.2) is 0 Å². The second kappa shape index (κ2) is 8.95. The van der Waals surface area contributed by atoms with E-state index in [1.54, 1.807) is 12.1 Å². The van der Waals surface area contributed by atoms with Crippen LogP contribution in [0.3, 0.4) is 0 Å². The van der Waals surface area contributed by atoms with Crippen LogP contribution in [-0.4, -0.2) is 18.7 Å². The van der Waals surface area contributed by atoms with Crippen LogP contribution in [0.4, 0.5) is 18.9 Å². The first-order chi connectivity index (χ1) is 13.8. The first-order valence-electron chi connectivity index (χ1n) is 8.41. The van der Waals surface area contributed by atoms with E-state index in [-0.39, 0.29) is 12.2 Å². The van der Waals surface area contributed by atoms with Crippen LogP contribution >= 0.6 is 15.9 Å². The van der Waals surface area contributed by atoms with Crippen LogP contribution in [0.25, 0.3) is 11.3 Å². The van der Waals surface area contributed by atoms with E-state index >= 15 is 0 Å². The van der Waals surface area contributed by atoms with Gasteiger partial charge in [0.25, 0.3) is 5.91 Å². The molecule has 0 fully saturated rings. The van der Waals surface area contributed by atoms with E-state index in [4.69, 9.17) is 4.42 Å². The highest BCUT2D eigenvalue weighted by atomic mass is 79.9. The minimum Gasteiger partial charge on any atom is -0.455 e. The number of hydrogen-bond donors (Lipinski definition) is 2. The zero-order valence-corrected chi connectivity index (χ0v) is 16.4. The molecular formula is C20H15BrF3N3O2. The fourth-order valence-corrected chi connectivity index (χ4v) is 2.90. The maximum Gasteiger partial charge on any atom is 0.416 e. The smallest absolute Gasteiger partial charge is 0.416 e. The number of anilines is 1. The quantitative estimate of drug-likeness (QED) is 0.383. The average molecular weight is 466 g/mol. The number of rotatable bonds is 6. The van der Waals surface area contributed by atoms with Crippen LogP contribution in [0, 0.1) is 0 Å². The fraction of sp³-hybridized carbons (Fsp3) is 0.100. The van der Waals surface area contributed by atoms with Crippen molar-refractivity contribution in [1.82, 2.24) is 5.43 Å². The summed E-state index contributed by atoms with van der Waals surface area (Å²) in [7, 11) is 0. The van der Waals surface area contributed by atoms with E-state index in [0.29, 0.717) is 11.5 Å². The van der Waals surface area contributed by atoms with Crippen molar-refractivity contribution in [1.29, 1.82) is 0 Å². The predicted octanol–water partition coefficient (Wildman–Crippen LogP) is 5.29. The summed E-state index contributed by atoms with van der Waals surface area (Å²) in [5.74, 6) is 0.551. The van der Waals surface area contributed by atoms with E-state index < -0.39 is 17.6 Å². The minimum absolute atomic E-state index is 0.183. The number of amides is 1. The second-order valence-corrected chi connectivity index (χ2v) is 6.76. The summed E-state index contributed by atoms with van der Waals surface area (Å²) in [6.45, 7) is -0.237. The van der Waals surface area contributed by atoms with Crippen molar-refractivity contribution in [3.8, 4) is 11.3 Å². The molecule has 1 heterocycles. The van der Waals surface area contributed by atoms with Crippen molar-refractivity contribution in [3.63, 3.8) is 0 Å². The lowest BCUT2D eigenvalue weighted by Crippen LogP contribution is -2.26. The Bertz CT molecular complexity index is 1030. The fourth-order valence-electron chi connectivity index (χ4n) is 2.42. The lowest BCUT2D eigenvalue weighted by atomic mass is 10.2. The topological polar surface area (TPSA) is 66.6 Å². The molecule has 2 N–H and O–H groups in total. The van der Waals surface area contributed by atoms with Gasteiger partial charge >= 0.3 is 6.18 Å². The lowest BCUT2D eigenvalue weighted by molar-refractivity contribution is -0.137. The summed E-state index contributed by atoms with van der Waals surface area (Å²) < 4.78 is 44.6. The summed E-state index contributed by atoms with van der Waals surface area (Å²) in [4.78, 5) is 11.8. The number of halogens is 4. The van der Waals surface area contributed by atoms with Crippen LogP contribution < -0.4 is 10.7 Å². The molecule has 0 unspecified atom stereocenters. The monoisotopic (exact) mass is 465 g/mol. The average Bonchev–Trinajstić information content (AvgIpc) is 3.15. The van der Waals surface area contributed by atoms with Crippen molar-refractivity contribution in [2.75, 3.05) is 11.9 Å². The molecule has 5 nitrogen and oxygen atoms in total. The molecule has 2 aromatic carbocycles. The molecule has 1 aromatic heterocycles.